The molecule has 2 aromatic carbocycles. The van der Waals surface area contributed by atoms with Crippen LogP contribution in [-0.2, 0) is 10.8 Å². The average Bonchev–Trinajstić information content (AvgIpc) is 2.41. The third-order valence-electron chi connectivity index (χ3n) is 2.52. The highest BCUT2D eigenvalue weighted by molar-refractivity contribution is 9.10. The first-order valence-corrected chi connectivity index (χ1v) is 7.89. The van der Waals surface area contributed by atoms with E-state index >= 15 is 0 Å². The smallest absolute Gasteiger partial charge is 0.142 e. The first-order chi connectivity index (χ1) is 9.16. The predicted molar refractivity (Wildman–Crippen MR) is 81.8 cm³/mol. The Kier molecular flexibility index (Phi) is 4.99. The first kappa shape index (κ1) is 14.1. The number of halogens is 1. The van der Waals surface area contributed by atoms with Crippen LogP contribution in [0, 0.1) is 0 Å². The van der Waals surface area contributed by atoms with Crippen LogP contribution in [0.3, 0.4) is 0 Å². The highest BCUT2D eigenvalue weighted by Crippen LogP contribution is 2.20. The number of rotatable bonds is 5. The van der Waals surface area contributed by atoms with Crippen LogP contribution in [0.5, 0.6) is 5.75 Å². The lowest BCUT2D eigenvalue weighted by Gasteiger charge is -2.08. The summed E-state index contributed by atoms with van der Waals surface area (Å²) < 4.78 is 18.5. The van der Waals surface area contributed by atoms with Crippen LogP contribution in [-0.4, -0.2) is 16.6 Å². The van der Waals surface area contributed by atoms with Crippen LogP contribution in [0.25, 0.3) is 0 Å². The van der Waals surface area contributed by atoms with E-state index in [1.165, 1.54) is 0 Å². The summed E-state index contributed by atoms with van der Waals surface area (Å²) >= 11 is 3.35. The Balaban J connectivity index is 1.88. The molecule has 0 saturated carbocycles. The molecule has 100 valence electrons. The molecule has 0 amide bonds. The molecule has 0 heterocycles. The van der Waals surface area contributed by atoms with Crippen molar-refractivity contribution in [2.24, 2.45) is 0 Å². The summed E-state index contributed by atoms with van der Waals surface area (Å²) in [6.07, 6.45) is 0. The van der Waals surface area contributed by atoms with Crippen LogP contribution in [0.15, 0.2) is 57.9 Å². The van der Waals surface area contributed by atoms with Gasteiger partial charge in [-0.15, -0.1) is 0 Å². The van der Waals surface area contributed by atoms with E-state index in [0.29, 0.717) is 23.8 Å². The lowest BCUT2D eigenvalue weighted by atomic mass is 10.3. The second kappa shape index (κ2) is 6.73. The monoisotopic (exact) mass is 339 g/mol. The van der Waals surface area contributed by atoms with E-state index < -0.39 is 10.8 Å². The maximum atomic E-state index is 12.0. The fourth-order valence-corrected chi connectivity index (χ4v) is 2.72. The van der Waals surface area contributed by atoms with Crippen LogP contribution in [0.1, 0.15) is 0 Å². The molecule has 0 radical (unpaired) electrons. The molecule has 1 unspecified atom stereocenters. The summed E-state index contributed by atoms with van der Waals surface area (Å²) in [4.78, 5) is 0.799. The minimum atomic E-state index is -1.06. The summed E-state index contributed by atoms with van der Waals surface area (Å²) in [7, 11) is -1.06. The Morgan fingerprint density at radius 3 is 2.47 bits per heavy atom. The van der Waals surface area contributed by atoms with Crippen LogP contribution in [0.4, 0.5) is 5.69 Å². The van der Waals surface area contributed by atoms with Gasteiger partial charge in [0.2, 0.25) is 0 Å². The normalized spacial score (nSPS) is 12.1. The standard InChI is InChI=1S/C14H14BrNO2S/c15-11-5-7-12(8-6-11)19(17)10-9-18-14-4-2-1-3-13(14)16/h1-8H,9-10,16H2. The van der Waals surface area contributed by atoms with Crippen molar-refractivity contribution in [3.8, 4) is 5.75 Å². The predicted octanol–water partition coefficient (Wildman–Crippen LogP) is 3.22. The van der Waals surface area contributed by atoms with Crippen molar-refractivity contribution in [2.75, 3.05) is 18.1 Å². The second-order valence-electron chi connectivity index (χ2n) is 3.89. The molecule has 0 bridgehead atoms. The maximum absolute atomic E-state index is 12.0. The molecular formula is C14H14BrNO2S. The van der Waals surface area contributed by atoms with Crippen molar-refractivity contribution in [3.63, 3.8) is 0 Å². The van der Waals surface area contributed by atoms with E-state index in [1.54, 1.807) is 12.1 Å². The summed E-state index contributed by atoms with van der Waals surface area (Å²) in [5, 5.41) is 0. The molecule has 0 spiro atoms. The lowest BCUT2D eigenvalue weighted by Crippen LogP contribution is -2.09. The van der Waals surface area contributed by atoms with Crippen molar-refractivity contribution < 1.29 is 8.95 Å². The molecule has 2 N–H and O–H groups in total. The Bertz CT molecular complexity index is 572. The number of hydrogen-bond acceptors (Lipinski definition) is 3. The number of nitrogens with two attached hydrogens (primary N) is 1. The SMILES string of the molecule is Nc1ccccc1OCCS(=O)c1ccc(Br)cc1. The summed E-state index contributed by atoms with van der Waals surface area (Å²) in [5.74, 6) is 1.07. The fourth-order valence-electron chi connectivity index (χ4n) is 1.54. The number of anilines is 1. The van der Waals surface area contributed by atoms with Crippen LogP contribution >= 0.6 is 15.9 Å². The van der Waals surface area contributed by atoms with Crippen molar-refractivity contribution >= 4 is 32.4 Å². The van der Waals surface area contributed by atoms with Crippen LogP contribution in [0.2, 0.25) is 0 Å². The Labute approximate surface area is 123 Å². The second-order valence-corrected chi connectivity index (χ2v) is 6.38. The lowest BCUT2D eigenvalue weighted by molar-refractivity contribution is 0.344. The van der Waals surface area contributed by atoms with Crippen molar-refractivity contribution in [1.29, 1.82) is 0 Å². The molecule has 0 aliphatic rings. The third-order valence-corrected chi connectivity index (χ3v) is 4.39. The van der Waals surface area contributed by atoms with Gasteiger partial charge in [-0.3, -0.25) is 4.21 Å². The molecule has 0 aliphatic heterocycles. The molecule has 19 heavy (non-hydrogen) atoms. The van der Waals surface area contributed by atoms with Gasteiger partial charge in [0.15, 0.2) is 0 Å². The maximum Gasteiger partial charge on any atom is 0.142 e. The van der Waals surface area contributed by atoms with Gasteiger partial charge in [0.1, 0.15) is 12.4 Å². The van der Waals surface area contributed by atoms with Gasteiger partial charge in [0, 0.05) is 9.37 Å². The Hall–Kier alpha value is -1.33. The van der Waals surface area contributed by atoms with Gasteiger partial charge >= 0.3 is 0 Å². The van der Waals surface area contributed by atoms with E-state index in [-0.39, 0.29) is 0 Å². The highest BCUT2D eigenvalue weighted by atomic mass is 79.9. The molecular weight excluding hydrogens is 326 g/mol. The number of para-hydroxylation sites is 2. The van der Waals surface area contributed by atoms with Gasteiger partial charge in [-0.1, -0.05) is 28.1 Å². The molecule has 2 rings (SSSR count). The summed E-state index contributed by atoms with van der Waals surface area (Å²) in [5.41, 5.74) is 6.35. The highest BCUT2D eigenvalue weighted by Gasteiger charge is 2.05. The minimum absolute atomic E-state index is 0.372. The third kappa shape index (κ3) is 4.08. The number of ether oxygens (including phenoxy) is 1. The molecule has 1 atom stereocenters. The molecule has 2 aromatic rings. The zero-order valence-electron chi connectivity index (χ0n) is 10.2. The van der Waals surface area contributed by atoms with Gasteiger partial charge in [-0.05, 0) is 36.4 Å². The number of hydrogen-bond donors (Lipinski definition) is 1. The van der Waals surface area contributed by atoms with Gasteiger partial charge in [-0.2, -0.15) is 0 Å². The molecule has 0 aromatic heterocycles. The molecule has 0 fully saturated rings. The largest absolute Gasteiger partial charge is 0.490 e. The molecule has 3 nitrogen and oxygen atoms in total. The summed E-state index contributed by atoms with van der Waals surface area (Å²) in [6.45, 7) is 0.372. The summed E-state index contributed by atoms with van der Waals surface area (Å²) in [6, 6.07) is 14.7. The van der Waals surface area contributed by atoms with Crippen molar-refractivity contribution in [2.45, 2.75) is 4.90 Å². The number of nitrogen functional groups attached to an aromatic ring is 1. The van der Waals surface area contributed by atoms with Crippen molar-refractivity contribution in [3.05, 3.63) is 53.0 Å². The minimum Gasteiger partial charge on any atom is -0.490 e. The number of benzene rings is 2. The van der Waals surface area contributed by atoms with E-state index in [9.17, 15) is 4.21 Å². The topological polar surface area (TPSA) is 52.3 Å². The average molecular weight is 340 g/mol. The molecule has 0 saturated heterocycles. The van der Waals surface area contributed by atoms with E-state index in [2.05, 4.69) is 15.9 Å². The Morgan fingerprint density at radius 1 is 1.11 bits per heavy atom. The van der Waals surface area contributed by atoms with Crippen molar-refractivity contribution in [1.82, 2.24) is 0 Å². The van der Waals surface area contributed by atoms with Gasteiger partial charge in [-0.25, -0.2) is 0 Å². The van der Waals surface area contributed by atoms with E-state index in [4.69, 9.17) is 10.5 Å². The van der Waals surface area contributed by atoms with E-state index in [0.717, 1.165) is 9.37 Å². The first-order valence-electron chi connectivity index (χ1n) is 5.78. The van der Waals surface area contributed by atoms with Gasteiger partial charge in [0.25, 0.3) is 0 Å². The molecule has 5 heteroatoms. The zero-order chi connectivity index (χ0) is 13.7. The van der Waals surface area contributed by atoms with Crippen LogP contribution < -0.4 is 10.5 Å². The Morgan fingerprint density at radius 2 is 1.79 bits per heavy atom. The fraction of sp³-hybridized carbons (Fsp3) is 0.143. The van der Waals surface area contributed by atoms with Gasteiger partial charge in [0.05, 0.1) is 22.2 Å². The van der Waals surface area contributed by atoms with E-state index in [1.807, 2.05) is 36.4 Å². The molecule has 0 aliphatic carbocycles. The van der Waals surface area contributed by atoms with Gasteiger partial charge < -0.3 is 10.5 Å². The quantitative estimate of drug-likeness (QED) is 0.851. The zero-order valence-corrected chi connectivity index (χ0v) is 12.6.